The monoisotopic (exact) mass is 595 g/mol. The fourth-order valence-electron chi connectivity index (χ4n) is 6.53. The molecule has 0 saturated heterocycles. The average molecular weight is 596 g/mol. The molecule has 0 saturated carbocycles. The fraction of sp³-hybridized carbons (Fsp3) is 0.200. The van der Waals surface area contributed by atoms with Crippen molar-refractivity contribution in [3.63, 3.8) is 0 Å². The third-order valence-electron chi connectivity index (χ3n) is 8.67. The molecule has 0 fully saturated rings. The highest BCUT2D eigenvalue weighted by molar-refractivity contribution is 6.13. The molecular formula is C40H35N3O2. The van der Waals surface area contributed by atoms with Crippen LogP contribution >= 0.6 is 0 Å². The molecule has 0 bridgehead atoms. The Balaban J connectivity index is 1.47. The maximum atomic E-state index is 8.46. The Bertz CT molecular complexity index is 2600. The number of furan rings is 1. The van der Waals surface area contributed by atoms with E-state index in [9.17, 15) is 0 Å². The minimum atomic E-state index is -2.54. The van der Waals surface area contributed by atoms with Crippen LogP contribution in [-0.2, 0) is 0 Å². The molecule has 0 aliphatic heterocycles. The van der Waals surface area contributed by atoms with E-state index in [1.807, 2.05) is 24.3 Å². The molecule has 5 aromatic carbocycles. The SMILES string of the molecule is [2H]C([2H])([2H])c1nc2cc3c(cc2o1)oc1c(-c2nc4ccccc4n2-c2c(C(C)C)cc(-c4ccccc4)cc2C(C)C)ccc(C([2H])([2H])[2H])c13. The highest BCUT2D eigenvalue weighted by Gasteiger charge is 2.26. The van der Waals surface area contributed by atoms with Crippen molar-refractivity contribution in [1.29, 1.82) is 0 Å². The molecule has 5 nitrogen and oxygen atoms in total. The maximum Gasteiger partial charge on any atom is 0.192 e. The van der Waals surface area contributed by atoms with Gasteiger partial charge in [-0.15, -0.1) is 0 Å². The predicted octanol–water partition coefficient (Wildman–Crippen LogP) is 11.3. The van der Waals surface area contributed by atoms with E-state index in [2.05, 4.69) is 79.7 Å². The number of aryl methyl sites for hydroxylation is 2. The highest BCUT2D eigenvalue weighted by Crippen LogP contribution is 2.43. The molecule has 0 radical (unpaired) electrons. The third kappa shape index (κ3) is 4.29. The van der Waals surface area contributed by atoms with Crippen LogP contribution < -0.4 is 0 Å². The van der Waals surface area contributed by atoms with Gasteiger partial charge in [-0.3, -0.25) is 4.57 Å². The van der Waals surface area contributed by atoms with Crippen molar-refractivity contribution in [3.8, 4) is 28.2 Å². The van der Waals surface area contributed by atoms with Crippen molar-refractivity contribution in [3.05, 3.63) is 114 Å². The number of para-hydroxylation sites is 2. The van der Waals surface area contributed by atoms with Crippen LogP contribution in [0, 0.1) is 13.7 Å². The number of oxazole rings is 1. The van der Waals surface area contributed by atoms with Gasteiger partial charge in [-0.05, 0) is 82.9 Å². The lowest BCUT2D eigenvalue weighted by atomic mass is 9.88. The van der Waals surface area contributed by atoms with Crippen molar-refractivity contribution in [2.45, 2.75) is 53.2 Å². The lowest BCUT2D eigenvalue weighted by Crippen LogP contribution is -2.09. The van der Waals surface area contributed by atoms with Crippen molar-refractivity contribution >= 4 is 44.1 Å². The van der Waals surface area contributed by atoms with E-state index in [0.717, 1.165) is 39.0 Å². The van der Waals surface area contributed by atoms with Crippen LogP contribution in [0.25, 0.3) is 72.3 Å². The van der Waals surface area contributed by atoms with Crippen molar-refractivity contribution < 1.29 is 17.1 Å². The van der Waals surface area contributed by atoms with E-state index >= 15 is 0 Å². The first-order valence-electron chi connectivity index (χ1n) is 18.2. The summed E-state index contributed by atoms with van der Waals surface area (Å²) in [5.74, 6) is 0.532. The van der Waals surface area contributed by atoms with Gasteiger partial charge in [0.1, 0.15) is 22.5 Å². The van der Waals surface area contributed by atoms with Crippen molar-refractivity contribution in [2.75, 3.05) is 0 Å². The van der Waals surface area contributed by atoms with E-state index in [0.29, 0.717) is 38.8 Å². The molecule has 0 spiro atoms. The van der Waals surface area contributed by atoms with Gasteiger partial charge >= 0.3 is 0 Å². The summed E-state index contributed by atoms with van der Waals surface area (Å²) >= 11 is 0. The van der Waals surface area contributed by atoms with Crippen LogP contribution in [0.5, 0.6) is 0 Å². The summed E-state index contributed by atoms with van der Waals surface area (Å²) < 4.78 is 63.1. The zero-order chi connectivity index (χ0) is 36.0. The van der Waals surface area contributed by atoms with Crippen LogP contribution in [0.2, 0.25) is 0 Å². The molecule has 0 amide bonds. The summed E-state index contributed by atoms with van der Waals surface area (Å²) in [7, 11) is 0. The van der Waals surface area contributed by atoms with E-state index in [1.165, 1.54) is 0 Å². The number of imidazole rings is 1. The standard InChI is InChI=1S/C40H35N3O2/c1-22(2)29-18-27(26-12-8-7-9-13-26)19-30(23(3)4)38(29)43-34-15-11-10-14-32(34)42-40(43)28-17-16-24(5)37-31-20-33-36(44-25(6)41-33)21-35(31)45-39(28)37/h7-23H,1-6H3/i5D3,6D3. The first kappa shape index (κ1) is 21.5. The Morgan fingerprint density at radius 1 is 0.689 bits per heavy atom. The van der Waals surface area contributed by atoms with Crippen LogP contribution in [0.1, 0.15) is 70.3 Å². The zero-order valence-corrected chi connectivity index (χ0v) is 25.5. The van der Waals surface area contributed by atoms with Crippen LogP contribution in [0.3, 0.4) is 0 Å². The molecule has 3 heterocycles. The normalized spacial score (nSPS) is 14.7. The number of nitrogens with zero attached hydrogens (tertiary/aromatic N) is 3. The number of benzene rings is 5. The number of hydrogen-bond donors (Lipinski definition) is 0. The lowest BCUT2D eigenvalue weighted by molar-refractivity contribution is 0.560. The summed E-state index contributed by atoms with van der Waals surface area (Å²) in [4.78, 5) is 9.43. The predicted molar refractivity (Wildman–Crippen MR) is 184 cm³/mol. The van der Waals surface area contributed by atoms with Gasteiger partial charge in [0.2, 0.25) is 0 Å². The van der Waals surface area contributed by atoms with Crippen LogP contribution in [0.4, 0.5) is 0 Å². The number of fused-ring (bicyclic) bond motifs is 5. The summed E-state index contributed by atoms with van der Waals surface area (Å²) in [6.07, 6.45) is 0. The number of aromatic nitrogens is 3. The Morgan fingerprint density at radius 3 is 2.18 bits per heavy atom. The van der Waals surface area contributed by atoms with Gasteiger partial charge in [-0.2, -0.15) is 0 Å². The van der Waals surface area contributed by atoms with Gasteiger partial charge in [0.05, 0.1) is 22.3 Å². The lowest BCUT2D eigenvalue weighted by Gasteiger charge is -2.24. The van der Waals surface area contributed by atoms with Gasteiger partial charge < -0.3 is 8.83 Å². The molecule has 0 aliphatic carbocycles. The molecular weight excluding hydrogens is 554 g/mol. The number of rotatable bonds is 5. The molecule has 5 heteroatoms. The number of hydrogen-bond acceptors (Lipinski definition) is 4. The van der Waals surface area contributed by atoms with E-state index < -0.39 is 13.7 Å². The Labute approximate surface area is 270 Å². The van der Waals surface area contributed by atoms with Gasteiger partial charge in [-0.1, -0.05) is 76.2 Å². The Hall–Kier alpha value is -5.16. The molecule has 8 aromatic rings. The second-order valence-electron chi connectivity index (χ2n) is 12.2. The Kier molecular flexibility index (Phi) is 4.88. The maximum absolute atomic E-state index is 8.46. The molecule has 0 atom stereocenters. The third-order valence-corrected chi connectivity index (χ3v) is 8.67. The highest BCUT2D eigenvalue weighted by atomic mass is 16.4. The molecule has 8 rings (SSSR count). The minimum absolute atomic E-state index is 0.111. The second-order valence-corrected chi connectivity index (χ2v) is 12.2. The van der Waals surface area contributed by atoms with Gasteiger partial charge in [0.15, 0.2) is 11.5 Å². The van der Waals surface area contributed by atoms with E-state index in [-0.39, 0.29) is 28.9 Å². The summed E-state index contributed by atoms with van der Waals surface area (Å²) in [6, 6.07) is 29.5. The topological polar surface area (TPSA) is 57.0 Å². The molecule has 0 N–H and O–H groups in total. The molecule has 0 aliphatic rings. The Morgan fingerprint density at radius 2 is 1.44 bits per heavy atom. The summed E-state index contributed by atoms with van der Waals surface area (Å²) in [6.45, 7) is 3.77. The summed E-state index contributed by atoms with van der Waals surface area (Å²) in [5.41, 5.74) is 9.28. The molecule has 45 heavy (non-hydrogen) atoms. The quantitative estimate of drug-likeness (QED) is 0.199. The van der Waals surface area contributed by atoms with E-state index in [4.69, 9.17) is 22.0 Å². The smallest absolute Gasteiger partial charge is 0.192 e. The first-order chi connectivity index (χ1) is 24.2. The van der Waals surface area contributed by atoms with Crippen LogP contribution in [0.15, 0.2) is 99.8 Å². The molecule has 0 unspecified atom stereocenters. The van der Waals surface area contributed by atoms with Crippen LogP contribution in [-0.4, -0.2) is 14.5 Å². The summed E-state index contributed by atoms with van der Waals surface area (Å²) in [5, 5.41) is 0.894. The fourth-order valence-corrected chi connectivity index (χ4v) is 6.53. The molecule has 3 aromatic heterocycles. The van der Waals surface area contributed by atoms with Gasteiger partial charge in [0.25, 0.3) is 0 Å². The largest absolute Gasteiger partial charge is 0.455 e. The van der Waals surface area contributed by atoms with E-state index in [1.54, 1.807) is 24.3 Å². The minimum Gasteiger partial charge on any atom is -0.455 e. The molecule has 222 valence electrons. The van der Waals surface area contributed by atoms with Gasteiger partial charge in [-0.25, -0.2) is 9.97 Å². The van der Waals surface area contributed by atoms with Crippen molar-refractivity contribution in [2.24, 2.45) is 0 Å². The average Bonchev–Trinajstić information content (AvgIpc) is 3.79. The first-order valence-corrected chi connectivity index (χ1v) is 15.2. The van der Waals surface area contributed by atoms with Gasteiger partial charge in [0, 0.05) is 31.9 Å². The van der Waals surface area contributed by atoms with Crippen molar-refractivity contribution in [1.82, 2.24) is 14.5 Å². The zero-order valence-electron chi connectivity index (χ0n) is 31.5. The second kappa shape index (κ2) is 10.2.